The molecule has 0 unspecified atom stereocenters. The van der Waals surface area contributed by atoms with E-state index < -0.39 is 0 Å². The van der Waals surface area contributed by atoms with Gasteiger partial charge in [0.05, 0.1) is 12.2 Å². The topological polar surface area (TPSA) is 78.7 Å². The number of anilines is 1. The average molecular weight is 399 g/mol. The van der Waals surface area contributed by atoms with Crippen LogP contribution >= 0.6 is 0 Å². The molecule has 3 rings (SSSR count). The van der Waals surface area contributed by atoms with Gasteiger partial charge in [0.15, 0.2) is 0 Å². The van der Waals surface area contributed by atoms with E-state index >= 15 is 0 Å². The zero-order valence-corrected chi connectivity index (χ0v) is 17.5. The summed E-state index contributed by atoms with van der Waals surface area (Å²) in [5.41, 5.74) is 3.90. The first-order valence-electron chi connectivity index (χ1n) is 10.3. The number of benzene rings is 1. The van der Waals surface area contributed by atoms with Crippen molar-refractivity contribution >= 4 is 17.5 Å². The summed E-state index contributed by atoms with van der Waals surface area (Å²) in [5.74, 6) is 0.922. The Morgan fingerprint density at radius 1 is 1.14 bits per heavy atom. The molecule has 29 heavy (non-hydrogen) atoms. The summed E-state index contributed by atoms with van der Waals surface area (Å²) < 4.78 is 5.16. The van der Waals surface area contributed by atoms with Crippen LogP contribution in [0.25, 0.3) is 0 Å². The summed E-state index contributed by atoms with van der Waals surface area (Å²) in [6, 6.07) is 7.88. The van der Waals surface area contributed by atoms with Gasteiger partial charge in [-0.05, 0) is 38.3 Å². The third-order valence-corrected chi connectivity index (χ3v) is 5.53. The van der Waals surface area contributed by atoms with Crippen molar-refractivity contribution in [1.29, 1.82) is 0 Å². The maximum Gasteiger partial charge on any atom is 0.238 e. The van der Waals surface area contributed by atoms with Gasteiger partial charge in [-0.1, -0.05) is 30.3 Å². The molecule has 156 valence electrons. The number of aromatic nitrogens is 1. The summed E-state index contributed by atoms with van der Waals surface area (Å²) in [6.45, 7) is 8.92. The van der Waals surface area contributed by atoms with E-state index in [4.69, 9.17) is 4.52 Å². The zero-order valence-electron chi connectivity index (χ0n) is 17.5. The lowest BCUT2D eigenvalue weighted by atomic mass is 10.1. The lowest BCUT2D eigenvalue weighted by Crippen LogP contribution is -2.50. The van der Waals surface area contributed by atoms with Crippen molar-refractivity contribution < 1.29 is 14.1 Å². The zero-order chi connectivity index (χ0) is 20.8. The molecule has 1 aromatic carbocycles. The van der Waals surface area contributed by atoms with Gasteiger partial charge in [-0.15, -0.1) is 0 Å². The number of carbonyl (C=O) groups excluding carboxylic acids is 2. The van der Waals surface area contributed by atoms with Crippen molar-refractivity contribution in [2.24, 2.45) is 0 Å². The maximum absolute atomic E-state index is 12.5. The normalized spacial score (nSPS) is 14.8. The molecule has 1 fully saturated rings. The van der Waals surface area contributed by atoms with Crippen LogP contribution in [0.3, 0.4) is 0 Å². The Kier molecular flexibility index (Phi) is 7.04. The number of piperazine rings is 1. The summed E-state index contributed by atoms with van der Waals surface area (Å²) in [7, 11) is 0. The second-order valence-electron chi connectivity index (χ2n) is 7.52. The highest BCUT2D eigenvalue weighted by Gasteiger charge is 2.23. The number of hydrogen-bond acceptors (Lipinski definition) is 5. The number of hydrogen-bond donors (Lipinski definition) is 1. The lowest BCUT2D eigenvalue weighted by Gasteiger charge is -2.34. The van der Waals surface area contributed by atoms with E-state index in [1.54, 1.807) is 0 Å². The van der Waals surface area contributed by atoms with Crippen molar-refractivity contribution in [2.75, 3.05) is 38.0 Å². The third kappa shape index (κ3) is 5.44. The predicted molar refractivity (Wildman–Crippen MR) is 112 cm³/mol. The van der Waals surface area contributed by atoms with Crippen LogP contribution in [-0.2, 0) is 22.4 Å². The monoisotopic (exact) mass is 398 g/mol. The second kappa shape index (κ2) is 9.69. The molecule has 2 heterocycles. The number of aryl methyl sites for hydroxylation is 3. The van der Waals surface area contributed by atoms with Crippen LogP contribution < -0.4 is 5.32 Å². The molecule has 1 saturated heterocycles. The summed E-state index contributed by atoms with van der Waals surface area (Å²) in [4.78, 5) is 28.9. The Hall–Kier alpha value is -2.67. The summed E-state index contributed by atoms with van der Waals surface area (Å²) in [5, 5.41) is 6.95. The molecular weight excluding hydrogens is 368 g/mol. The van der Waals surface area contributed by atoms with Crippen LogP contribution in [0.1, 0.15) is 35.9 Å². The Morgan fingerprint density at radius 2 is 1.86 bits per heavy atom. The minimum absolute atomic E-state index is 0.0101. The van der Waals surface area contributed by atoms with Gasteiger partial charge in [-0.3, -0.25) is 14.5 Å². The van der Waals surface area contributed by atoms with Gasteiger partial charge in [0.2, 0.25) is 11.8 Å². The van der Waals surface area contributed by atoms with Gasteiger partial charge >= 0.3 is 0 Å². The highest BCUT2D eigenvalue weighted by atomic mass is 16.5. The van der Waals surface area contributed by atoms with E-state index in [-0.39, 0.29) is 11.8 Å². The van der Waals surface area contributed by atoms with Crippen molar-refractivity contribution in [2.45, 2.75) is 40.0 Å². The second-order valence-corrected chi connectivity index (χ2v) is 7.52. The fraction of sp³-hybridized carbons (Fsp3) is 0.500. The standard InChI is InChI=1S/C22H30N4O3/c1-4-18-7-5-6-8-20(18)23-21(27)15-25-11-13-26(14-12-25)22(28)10-9-19-16(2)24-29-17(19)3/h5-8H,4,9-15H2,1-3H3,(H,23,27). The fourth-order valence-corrected chi connectivity index (χ4v) is 3.75. The van der Waals surface area contributed by atoms with Gasteiger partial charge < -0.3 is 14.7 Å². The minimum atomic E-state index is -0.0101. The van der Waals surface area contributed by atoms with E-state index in [2.05, 4.69) is 22.3 Å². The van der Waals surface area contributed by atoms with Gasteiger partial charge in [0.1, 0.15) is 5.76 Å². The van der Waals surface area contributed by atoms with Gasteiger partial charge in [0, 0.05) is 43.9 Å². The van der Waals surface area contributed by atoms with E-state index in [1.807, 2.05) is 43.0 Å². The predicted octanol–water partition coefficient (Wildman–Crippen LogP) is 2.57. The highest BCUT2D eigenvalue weighted by Crippen LogP contribution is 2.17. The number of rotatable bonds is 7. The van der Waals surface area contributed by atoms with E-state index in [0.29, 0.717) is 45.6 Å². The number of nitrogens with zero attached hydrogens (tertiary/aromatic N) is 3. The molecular formula is C22H30N4O3. The fourth-order valence-electron chi connectivity index (χ4n) is 3.75. The van der Waals surface area contributed by atoms with Crippen LogP contribution in [0.4, 0.5) is 5.69 Å². The van der Waals surface area contributed by atoms with Gasteiger partial charge in [-0.2, -0.15) is 0 Å². The SMILES string of the molecule is CCc1ccccc1NC(=O)CN1CCN(C(=O)CCc2c(C)noc2C)CC1. The molecule has 2 aromatic rings. The van der Waals surface area contributed by atoms with E-state index in [1.165, 1.54) is 0 Å². The summed E-state index contributed by atoms with van der Waals surface area (Å²) in [6.07, 6.45) is 1.99. The molecule has 1 aromatic heterocycles. The van der Waals surface area contributed by atoms with Gasteiger partial charge in [-0.25, -0.2) is 0 Å². The molecule has 0 saturated carbocycles. The molecule has 0 bridgehead atoms. The van der Waals surface area contributed by atoms with Gasteiger partial charge in [0.25, 0.3) is 0 Å². The molecule has 1 N–H and O–H groups in total. The molecule has 1 aliphatic rings. The smallest absolute Gasteiger partial charge is 0.238 e. The molecule has 0 spiro atoms. The van der Waals surface area contributed by atoms with Crippen molar-refractivity contribution in [3.05, 3.63) is 46.8 Å². The number of amides is 2. The molecule has 1 aliphatic heterocycles. The Bertz CT molecular complexity index is 834. The van der Waals surface area contributed by atoms with E-state index in [0.717, 1.165) is 34.7 Å². The first-order chi connectivity index (χ1) is 14.0. The van der Waals surface area contributed by atoms with Crippen molar-refractivity contribution in [3.63, 3.8) is 0 Å². The summed E-state index contributed by atoms with van der Waals surface area (Å²) >= 11 is 0. The lowest BCUT2D eigenvalue weighted by molar-refractivity contribution is -0.133. The van der Waals surface area contributed by atoms with Crippen LogP contribution in [0.2, 0.25) is 0 Å². The first-order valence-corrected chi connectivity index (χ1v) is 10.3. The molecule has 7 heteroatoms. The number of para-hydroxylation sites is 1. The molecule has 0 radical (unpaired) electrons. The highest BCUT2D eigenvalue weighted by molar-refractivity contribution is 5.93. The largest absolute Gasteiger partial charge is 0.361 e. The van der Waals surface area contributed by atoms with Crippen LogP contribution in [-0.4, -0.2) is 59.5 Å². The quantitative estimate of drug-likeness (QED) is 0.776. The third-order valence-electron chi connectivity index (χ3n) is 5.53. The van der Waals surface area contributed by atoms with Crippen molar-refractivity contribution in [1.82, 2.24) is 15.0 Å². The van der Waals surface area contributed by atoms with E-state index in [9.17, 15) is 9.59 Å². The van der Waals surface area contributed by atoms with Crippen LogP contribution in [0.15, 0.2) is 28.8 Å². The first kappa shape index (κ1) is 21.0. The molecule has 7 nitrogen and oxygen atoms in total. The molecule has 0 aliphatic carbocycles. The maximum atomic E-state index is 12.5. The average Bonchev–Trinajstić information content (AvgIpc) is 3.04. The molecule has 0 atom stereocenters. The Labute approximate surface area is 172 Å². The molecule has 2 amide bonds. The number of nitrogens with one attached hydrogen (secondary N) is 1. The Morgan fingerprint density at radius 3 is 2.52 bits per heavy atom. The van der Waals surface area contributed by atoms with Crippen LogP contribution in [0, 0.1) is 13.8 Å². The van der Waals surface area contributed by atoms with Crippen molar-refractivity contribution in [3.8, 4) is 0 Å². The minimum Gasteiger partial charge on any atom is -0.361 e. The Balaban J connectivity index is 1.43. The number of carbonyl (C=O) groups is 2. The van der Waals surface area contributed by atoms with Crippen LogP contribution in [0.5, 0.6) is 0 Å².